The van der Waals surface area contributed by atoms with E-state index in [2.05, 4.69) is 13.8 Å². The predicted octanol–water partition coefficient (Wildman–Crippen LogP) is 6.10. The highest BCUT2D eigenvalue weighted by atomic mass is 16.6. The predicted molar refractivity (Wildman–Crippen MR) is 166 cm³/mol. The molecule has 2 aliphatic heterocycles. The number of carbonyl (C=O) groups is 2. The number of aliphatic hydroxyl groups excluding tert-OH is 1. The summed E-state index contributed by atoms with van der Waals surface area (Å²) in [7, 11) is 0. The third kappa shape index (κ3) is 7.13. The van der Waals surface area contributed by atoms with Crippen molar-refractivity contribution in [1.82, 2.24) is 0 Å². The molecule has 2 aliphatic rings. The van der Waals surface area contributed by atoms with Crippen molar-refractivity contribution in [2.45, 2.75) is 149 Å². The van der Waals surface area contributed by atoms with Crippen molar-refractivity contribution >= 4 is 11.8 Å². The fourth-order valence-electron chi connectivity index (χ4n) is 7.67. The first kappa shape index (κ1) is 35.5. The van der Waals surface area contributed by atoms with Gasteiger partial charge in [-0.3, -0.25) is 4.79 Å². The van der Waals surface area contributed by atoms with E-state index in [-0.39, 0.29) is 53.2 Å². The molecule has 10 atom stereocenters. The molecule has 0 radical (unpaired) electrons. The number of carbonyl (C=O) groups excluding carboxylic acids is 1. The average molecular weight is 605 g/mol. The van der Waals surface area contributed by atoms with E-state index in [9.17, 15) is 30.0 Å². The van der Waals surface area contributed by atoms with Gasteiger partial charge >= 0.3 is 5.97 Å². The van der Waals surface area contributed by atoms with Crippen LogP contribution in [0.4, 0.5) is 0 Å². The van der Waals surface area contributed by atoms with Crippen molar-refractivity contribution in [3.05, 3.63) is 28.8 Å². The summed E-state index contributed by atoms with van der Waals surface area (Å²) in [6, 6.07) is 3.49. The van der Waals surface area contributed by atoms with Crippen LogP contribution in [0.5, 0.6) is 5.75 Å². The van der Waals surface area contributed by atoms with Crippen molar-refractivity contribution in [2.75, 3.05) is 0 Å². The number of aromatic carboxylic acids is 1. The van der Waals surface area contributed by atoms with Gasteiger partial charge in [-0.2, -0.15) is 0 Å². The lowest BCUT2D eigenvalue weighted by atomic mass is 9.76. The van der Waals surface area contributed by atoms with Gasteiger partial charge in [-0.1, -0.05) is 60.6 Å². The van der Waals surface area contributed by atoms with Crippen LogP contribution in [0.1, 0.15) is 122 Å². The van der Waals surface area contributed by atoms with E-state index in [1.807, 2.05) is 34.6 Å². The summed E-state index contributed by atoms with van der Waals surface area (Å²) >= 11 is 0. The Labute approximate surface area is 258 Å². The van der Waals surface area contributed by atoms with Crippen molar-refractivity contribution in [1.29, 1.82) is 0 Å². The Balaban J connectivity index is 1.70. The van der Waals surface area contributed by atoms with E-state index in [1.165, 1.54) is 0 Å². The molecule has 0 aromatic heterocycles. The smallest absolute Gasteiger partial charge is 0.339 e. The summed E-state index contributed by atoms with van der Waals surface area (Å²) in [6.45, 7) is 15.7. The number of hydrogen-bond donors (Lipinski definition) is 4. The zero-order valence-electron chi connectivity index (χ0n) is 27.6. The lowest BCUT2D eigenvalue weighted by Crippen LogP contribution is -2.55. The van der Waals surface area contributed by atoms with Gasteiger partial charge in [-0.05, 0) is 87.7 Å². The number of ketones is 1. The molecule has 0 spiro atoms. The molecule has 8 heteroatoms. The maximum absolute atomic E-state index is 13.9. The maximum atomic E-state index is 13.9. The number of ether oxygens (including phenoxy) is 2. The number of aromatic hydroxyl groups is 1. The quantitative estimate of drug-likeness (QED) is 0.200. The number of carboxylic acids is 1. The van der Waals surface area contributed by atoms with E-state index >= 15 is 0 Å². The summed E-state index contributed by atoms with van der Waals surface area (Å²) in [6.07, 6.45) is 3.87. The number of hydrogen-bond acceptors (Lipinski definition) is 7. The molecular formula is C35H56O8. The SMILES string of the molecule is CCc1ccc(CC[C@@H](C)[C@H](O)[C@H](C)C(=O)[C@@H](CC)[C@H]2O[C@](CC)([C@H]3CC[C@](O)(CC)[C@H](C)O3)C[C@@H]2C)c(C(=O)O)c1O. The normalized spacial score (nSPS) is 32.2. The average Bonchev–Trinajstić information content (AvgIpc) is 3.33. The number of benzene rings is 1. The molecule has 0 bridgehead atoms. The zero-order valence-corrected chi connectivity index (χ0v) is 27.6. The van der Waals surface area contributed by atoms with Crippen LogP contribution >= 0.6 is 0 Å². The third-order valence-corrected chi connectivity index (χ3v) is 10.9. The topological polar surface area (TPSA) is 134 Å². The van der Waals surface area contributed by atoms with Gasteiger partial charge in [0, 0.05) is 11.8 Å². The second kappa shape index (κ2) is 14.4. The number of aliphatic hydroxyl groups is 2. The van der Waals surface area contributed by atoms with E-state index in [4.69, 9.17) is 9.47 Å². The molecule has 0 saturated carbocycles. The maximum Gasteiger partial charge on any atom is 0.339 e. The van der Waals surface area contributed by atoms with Crippen molar-refractivity contribution in [3.63, 3.8) is 0 Å². The number of aryl methyl sites for hydroxylation is 2. The largest absolute Gasteiger partial charge is 0.507 e. The Hall–Kier alpha value is -2.00. The minimum absolute atomic E-state index is 0.0138. The van der Waals surface area contributed by atoms with Crippen LogP contribution in [0.3, 0.4) is 0 Å². The minimum Gasteiger partial charge on any atom is -0.507 e. The van der Waals surface area contributed by atoms with Gasteiger partial charge in [-0.15, -0.1) is 0 Å². The van der Waals surface area contributed by atoms with Crippen LogP contribution in [-0.2, 0) is 27.1 Å². The van der Waals surface area contributed by atoms with Crippen LogP contribution in [-0.4, -0.2) is 67.8 Å². The first-order valence-electron chi connectivity index (χ1n) is 16.5. The Kier molecular flexibility index (Phi) is 11.9. The summed E-state index contributed by atoms with van der Waals surface area (Å²) in [5.41, 5.74) is -0.322. The molecule has 244 valence electrons. The van der Waals surface area contributed by atoms with Crippen LogP contribution in [0.25, 0.3) is 0 Å². The Bertz CT molecular complexity index is 1120. The molecule has 0 unspecified atom stereocenters. The Morgan fingerprint density at radius 1 is 1.07 bits per heavy atom. The van der Waals surface area contributed by atoms with Gasteiger partial charge in [0.15, 0.2) is 0 Å². The Morgan fingerprint density at radius 2 is 1.72 bits per heavy atom. The Morgan fingerprint density at radius 3 is 2.26 bits per heavy atom. The van der Waals surface area contributed by atoms with Gasteiger partial charge < -0.3 is 29.9 Å². The molecule has 2 heterocycles. The molecule has 1 aromatic carbocycles. The fraction of sp³-hybridized carbons (Fsp3) is 0.771. The highest BCUT2D eigenvalue weighted by Gasteiger charge is 2.55. The fourth-order valence-corrected chi connectivity index (χ4v) is 7.67. The van der Waals surface area contributed by atoms with E-state index in [0.717, 1.165) is 12.8 Å². The molecule has 1 aromatic rings. The lowest BCUT2D eigenvalue weighted by molar-refractivity contribution is -0.229. The van der Waals surface area contributed by atoms with Gasteiger partial charge in [0.1, 0.15) is 17.1 Å². The molecule has 3 rings (SSSR count). The highest BCUT2D eigenvalue weighted by Crippen LogP contribution is 2.48. The van der Waals surface area contributed by atoms with E-state index < -0.39 is 29.2 Å². The van der Waals surface area contributed by atoms with Crippen molar-refractivity contribution in [3.8, 4) is 5.75 Å². The van der Waals surface area contributed by atoms with E-state index in [1.54, 1.807) is 19.1 Å². The van der Waals surface area contributed by atoms with Gasteiger partial charge in [0.25, 0.3) is 0 Å². The van der Waals surface area contributed by atoms with Crippen molar-refractivity contribution < 1.29 is 39.5 Å². The second-order valence-electron chi connectivity index (χ2n) is 13.4. The van der Waals surface area contributed by atoms with Gasteiger partial charge in [0.05, 0.1) is 35.6 Å². The third-order valence-electron chi connectivity index (χ3n) is 10.9. The standard InChI is InChI=1S/C35H56O8/c1-9-24-15-16-25(28(31(24)38)33(39)40)14-13-20(5)29(36)22(7)30(37)26(10-2)32-21(6)19-35(12-4,43-32)27-17-18-34(41,11-3)23(8)42-27/h15-16,20-23,26-27,29,32,36,38,41H,9-14,17-19H2,1-8H3,(H,39,40)/t20-,21+,22+,23+,26-,27-,29+,32+,34-,35+/m1/s1. The molecule has 2 saturated heterocycles. The summed E-state index contributed by atoms with van der Waals surface area (Å²) < 4.78 is 13.3. The summed E-state index contributed by atoms with van der Waals surface area (Å²) in [4.78, 5) is 25.8. The van der Waals surface area contributed by atoms with Crippen LogP contribution in [0.15, 0.2) is 12.1 Å². The highest BCUT2D eigenvalue weighted by molar-refractivity contribution is 5.93. The van der Waals surface area contributed by atoms with Gasteiger partial charge in [0.2, 0.25) is 0 Å². The zero-order chi connectivity index (χ0) is 32.3. The van der Waals surface area contributed by atoms with Crippen LogP contribution in [0.2, 0.25) is 0 Å². The molecule has 0 amide bonds. The molecule has 8 nitrogen and oxygen atoms in total. The number of rotatable bonds is 14. The lowest BCUT2D eigenvalue weighted by Gasteiger charge is -2.47. The second-order valence-corrected chi connectivity index (χ2v) is 13.4. The van der Waals surface area contributed by atoms with Crippen LogP contribution < -0.4 is 0 Å². The summed E-state index contributed by atoms with van der Waals surface area (Å²) in [5.74, 6) is -2.50. The number of phenols is 1. The number of Topliss-reactive ketones (excluding diaryl/α,β-unsaturated/α-hetero) is 1. The monoisotopic (exact) mass is 604 g/mol. The first-order chi connectivity index (χ1) is 20.2. The van der Waals surface area contributed by atoms with Crippen molar-refractivity contribution in [2.24, 2.45) is 23.7 Å². The number of carboxylic acid groups (broad SMARTS) is 1. The first-order valence-corrected chi connectivity index (χ1v) is 16.5. The molecular weight excluding hydrogens is 548 g/mol. The molecule has 4 N–H and O–H groups in total. The summed E-state index contributed by atoms with van der Waals surface area (Å²) in [5, 5.41) is 42.4. The molecule has 2 fully saturated rings. The van der Waals surface area contributed by atoms with Crippen LogP contribution in [0, 0.1) is 23.7 Å². The molecule has 0 aliphatic carbocycles. The van der Waals surface area contributed by atoms with Gasteiger partial charge in [-0.25, -0.2) is 4.79 Å². The minimum atomic E-state index is -1.17. The molecule has 43 heavy (non-hydrogen) atoms. The van der Waals surface area contributed by atoms with E-state index in [0.29, 0.717) is 56.1 Å².